The molecule has 23 heavy (non-hydrogen) atoms. The molecule has 0 bridgehead atoms. The quantitative estimate of drug-likeness (QED) is 0.818. The van der Waals surface area contributed by atoms with Gasteiger partial charge in [-0.2, -0.15) is 5.10 Å². The van der Waals surface area contributed by atoms with E-state index in [1.165, 1.54) is 0 Å². The molecule has 0 aliphatic carbocycles. The van der Waals surface area contributed by atoms with Crippen molar-refractivity contribution in [3.8, 4) is 5.75 Å². The smallest absolute Gasteiger partial charge is 0.241 e. The van der Waals surface area contributed by atoms with Crippen LogP contribution in [0.5, 0.6) is 5.75 Å². The lowest BCUT2D eigenvalue weighted by Gasteiger charge is -2.15. The lowest BCUT2D eigenvalue weighted by Crippen LogP contribution is -2.28. The van der Waals surface area contributed by atoms with Gasteiger partial charge in [-0.1, -0.05) is 0 Å². The van der Waals surface area contributed by atoms with E-state index < -0.39 is 0 Å². The van der Waals surface area contributed by atoms with Crippen molar-refractivity contribution < 1.29 is 9.53 Å². The van der Waals surface area contributed by atoms with E-state index in [0.717, 1.165) is 36.4 Å². The third-order valence-corrected chi connectivity index (χ3v) is 3.72. The van der Waals surface area contributed by atoms with Crippen molar-refractivity contribution in [1.29, 1.82) is 0 Å². The van der Waals surface area contributed by atoms with Crippen LogP contribution in [-0.4, -0.2) is 39.9 Å². The lowest BCUT2D eigenvalue weighted by molar-refractivity contribution is -0.122. The predicted molar refractivity (Wildman–Crippen MR) is 85.0 cm³/mol. The van der Waals surface area contributed by atoms with Crippen LogP contribution in [0, 0.1) is 6.92 Å². The second-order valence-corrected chi connectivity index (χ2v) is 5.71. The Labute approximate surface area is 135 Å². The first-order chi connectivity index (χ1) is 11.2. The fourth-order valence-electron chi connectivity index (χ4n) is 2.52. The third-order valence-electron chi connectivity index (χ3n) is 3.72. The second kappa shape index (κ2) is 7.23. The SMILES string of the molecule is Cc1cnn(CC(=O)NCc2ccncc2O[C@H]2CCNC2)c1. The molecule has 7 nitrogen and oxygen atoms in total. The Morgan fingerprint density at radius 3 is 3.17 bits per heavy atom. The largest absolute Gasteiger partial charge is 0.487 e. The van der Waals surface area contributed by atoms with Crippen molar-refractivity contribution in [2.24, 2.45) is 0 Å². The zero-order valence-corrected chi connectivity index (χ0v) is 13.2. The number of carbonyl (C=O) groups is 1. The van der Waals surface area contributed by atoms with Gasteiger partial charge in [0.1, 0.15) is 18.4 Å². The third kappa shape index (κ3) is 4.29. The summed E-state index contributed by atoms with van der Waals surface area (Å²) in [6.07, 6.45) is 8.14. The van der Waals surface area contributed by atoms with Crippen LogP contribution < -0.4 is 15.4 Å². The van der Waals surface area contributed by atoms with Crippen molar-refractivity contribution >= 4 is 5.91 Å². The van der Waals surface area contributed by atoms with Crippen LogP contribution in [0.4, 0.5) is 0 Å². The molecular formula is C16H21N5O2. The lowest BCUT2D eigenvalue weighted by atomic mass is 10.2. The minimum absolute atomic E-state index is 0.0848. The maximum absolute atomic E-state index is 12.0. The highest BCUT2D eigenvalue weighted by molar-refractivity contribution is 5.75. The summed E-state index contributed by atoms with van der Waals surface area (Å²) in [6.45, 7) is 4.39. The Bertz CT molecular complexity index is 664. The topological polar surface area (TPSA) is 81.1 Å². The summed E-state index contributed by atoms with van der Waals surface area (Å²) in [4.78, 5) is 16.1. The van der Waals surface area contributed by atoms with E-state index in [0.29, 0.717) is 6.54 Å². The highest BCUT2D eigenvalue weighted by atomic mass is 16.5. The number of rotatable bonds is 6. The molecule has 1 saturated heterocycles. The highest BCUT2D eigenvalue weighted by Crippen LogP contribution is 2.19. The van der Waals surface area contributed by atoms with Crippen molar-refractivity contribution in [2.75, 3.05) is 13.1 Å². The molecule has 1 aliphatic rings. The molecule has 1 amide bonds. The van der Waals surface area contributed by atoms with Gasteiger partial charge in [0.25, 0.3) is 0 Å². The van der Waals surface area contributed by atoms with E-state index in [9.17, 15) is 4.79 Å². The van der Waals surface area contributed by atoms with E-state index in [1.54, 1.807) is 23.3 Å². The Morgan fingerprint density at radius 2 is 2.43 bits per heavy atom. The Morgan fingerprint density at radius 1 is 1.52 bits per heavy atom. The molecule has 0 saturated carbocycles. The molecule has 2 aromatic rings. The van der Waals surface area contributed by atoms with E-state index in [-0.39, 0.29) is 18.6 Å². The number of hydrogen-bond donors (Lipinski definition) is 2. The summed E-state index contributed by atoms with van der Waals surface area (Å²) in [5.74, 6) is 0.648. The molecule has 122 valence electrons. The molecule has 2 N–H and O–H groups in total. The van der Waals surface area contributed by atoms with E-state index >= 15 is 0 Å². The number of carbonyl (C=O) groups excluding carboxylic acids is 1. The fraction of sp³-hybridized carbons (Fsp3) is 0.438. The van der Waals surface area contributed by atoms with Crippen molar-refractivity contribution in [3.63, 3.8) is 0 Å². The van der Waals surface area contributed by atoms with E-state index in [1.807, 2.05) is 19.2 Å². The normalized spacial score (nSPS) is 17.2. The van der Waals surface area contributed by atoms with Crippen LogP contribution >= 0.6 is 0 Å². The molecular weight excluding hydrogens is 294 g/mol. The van der Waals surface area contributed by atoms with Gasteiger partial charge in [0.2, 0.25) is 5.91 Å². The first-order valence-corrected chi connectivity index (χ1v) is 7.77. The number of ether oxygens (including phenoxy) is 1. The van der Waals surface area contributed by atoms with Crippen LogP contribution in [0.15, 0.2) is 30.9 Å². The number of aromatic nitrogens is 3. The molecule has 0 radical (unpaired) electrons. The van der Waals surface area contributed by atoms with E-state index in [2.05, 4.69) is 20.7 Å². The highest BCUT2D eigenvalue weighted by Gasteiger charge is 2.17. The van der Waals surface area contributed by atoms with Crippen LogP contribution in [0.25, 0.3) is 0 Å². The van der Waals surface area contributed by atoms with Gasteiger partial charge < -0.3 is 15.4 Å². The van der Waals surface area contributed by atoms with Crippen LogP contribution in [0.2, 0.25) is 0 Å². The van der Waals surface area contributed by atoms with Gasteiger partial charge in [0, 0.05) is 31.0 Å². The Kier molecular flexibility index (Phi) is 4.87. The monoisotopic (exact) mass is 315 g/mol. The molecule has 1 fully saturated rings. The minimum Gasteiger partial charge on any atom is -0.487 e. The molecule has 0 spiro atoms. The van der Waals surface area contributed by atoms with Crippen molar-refractivity contribution in [1.82, 2.24) is 25.4 Å². The summed E-state index contributed by atoms with van der Waals surface area (Å²) in [5, 5.41) is 10.3. The van der Waals surface area contributed by atoms with Crippen molar-refractivity contribution in [3.05, 3.63) is 42.0 Å². The number of nitrogens with zero attached hydrogens (tertiary/aromatic N) is 3. The average Bonchev–Trinajstić information content (AvgIpc) is 3.18. The zero-order valence-electron chi connectivity index (χ0n) is 13.2. The number of amides is 1. The molecule has 1 atom stereocenters. The maximum atomic E-state index is 12.0. The predicted octanol–water partition coefficient (Wildman–Crippen LogP) is 0.644. The summed E-state index contributed by atoms with van der Waals surface area (Å²) < 4.78 is 7.59. The zero-order chi connectivity index (χ0) is 16.1. The number of hydrogen-bond acceptors (Lipinski definition) is 5. The molecule has 0 unspecified atom stereocenters. The average molecular weight is 315 g/mol. The Hall–Kier alpha value is -2.41. The standard InChI is InChI=1S/C16H21N5O2/c1-12-6-20-21(10-12)11-16(22)19-7-13-2-4-18-9-15(13)23-14-3-5-17-8-14/h2,4,6,9-10,14,17H,3,5,7-8,11H2,1H3,(H,19,22)/t14-/m0/s1. The van der Waals surface area contributed by atoms with Gasteiger partial charge >= 0.3 is 0 Å². The molecule has 0 aromatic carbocycles. The summed E-state index contributed by atoms with van der Waals surface area (Å²) in [7, 11) is 0. The molecule has 3 heterocycles. The van der Waals surface area contributed by atoms with Gasteiger partial charge in [-0.05, 0) is 31.5 Å². The first-order valence-electron chi connectivity index (χ1n) is 7.77. The van der Waals surface area contributed by atoms with Crippen LogP contribution in [0.1, 0.15) is 17.5 Å². The van der Waals surface area contributed by atoms with Gasteiger partial charge in [0.05, 0.1) is 12.4 Å². The van der Waals surface area contributed by atoms with Gasteiger partial charge in [-0.3, -0.25) is 14.5 Å². The second-order valence-electron chi connectivity index (χ2n) is 5.71. The fourth-order valence-corrected chi connectivity index (χ4v) is 2.52. The van der Waals surface area contributed by atoms with Gasteiger partial charge in [-0.25, -0.2) is 0 Å². The van der Waals surface area contributed by atoms with Crippen LogP contribution in [-0.2, 0) is 17.9 Å². The molecule has 1 aliphatic heterocycles. The first kappa shape index (κ1) is 15.5. The van der Waals surface area contributed by atoms with Gasteiger partial charge in [0.15, 0.2) is 0 Å². The maximum Gasteiger partial charge on any atom is 0.241 e. The summed E-state index contributed by atoms with van der Waals surface area (Å²) in [5.41, 5.74) is 1.96. The molecule has 7 heteroatoms. The minimum atomic E-state index is -0.0848. The summed E-state index contributed by atoms with van der Waals surface area (Å²) in [6, 6.07) is 1.87. The van der Waals surface area contributed by atoms with Gasteiger partial charge in [-0.15, -0.1) is 0 Å². The number of pyridine rings is 1. The number of nitrogens with one attached hydrogen (secondary N) is 2. The Balaban J connectivity index is 1.55. The molecule has 2 aromatic heterocycles. The number of aryl methyl sites for hydroxylation is 1. The summed E-state index contributed by atoms with van der Waals surface area (Å²) >= 11 is 0. The van der Waals surface area contributed by atoms with Crippen molar-refractivity contribution in [2.45, 2.75) is 32.5 Å². The van der Waals surface area contributed by atoms with E-state index in [4.69, 9.17) is 4.74 Å². The molecule has 3 rings (SSSR count). The van der Waals surface area contributed by atoms with Crippen LogP contribution in [0.3, 0.4) is 0 Å².